The lowest BCUT2D eigenvalue weighted by Gasteiger charge is -2.09. The number of rotatable bonds is 6. The van der Waals surface area contributed by atoms with Gasteiger partial charge in [0.25, 0.3) is 10.0 Å². The maximum atomic E-state index is 12.0. The van der Waals surface area contributed by atoms with Crippen molar-refractivity contribution in [2.45, 2.75) is 11.4 Å². The predicted octanol–water partition coefficient (Wildman–Crippen LogP) is 0.481. The molecule has 0 aliphatic heterocycles. The van der Waals surface area contributed by atoms with Crippen LogP contribution in [0.15, 0.2) is 46.2 Å². The number of hydrogen-bond acceptors (Lipinski definition) is 6. The molecule has 8 heteroatoms. The summed E-state index contributed by atoms with van der Waals surface area (Å²) in [5.41, 5.74) is 2.55. The molecule has 0 aliphatic rings. The molecular weight excluding hydrogens is 268 g/mol. The molecule has 2 heterocycles. The Bertz CT molecular complexity index is 625. The van der Waals surface area contributed by atoms with Crippen LogP contribution >= 0.6 is 0 Å². The molecule has 4 N–H and O–H groups in total. The van der Waals surface area contributed by atoms with Gasteiger partial charge in [-0.05, 0) is 24.3 Å². The molecule has 0 spiro atoms. The summed E-state index contributed by atoms with van der Waals surface area (Å²) >= 11 is 0. The van der Waals surface area contributed by atoms with Gasteiger partial charge in [-0.3, -0.25) is 5.84 Å². The van der Waals surface area contributed by atoms with E-state index in [9.17, 15) is 8.42 Å². The lowest BCUT2D eigenvalue weighted by molar-refractivity contribution is 0.505. The van der Waals surface area contributed by atoms with E-state index in [1.165, 1.54) is 12.3 Å². The molecule has 0 saturated carbocycles. The monoisotopic (exact) mass is 282 g/mol. The van der Waals surface area contributed by atoms with Crippen LogP contribution in [-0.4, -0.2) is 19.9 Å². The first-order chi connectivity index (χ1) is 9.13. The van der Waals surface area contributed by atoms with Crippen LogP contribution in [0.1, 0.15) is 5.76 Å². The molecule has 2 rings (SSSR count). The van der Waals surface area contributed by atoms with E-state index in [0.29, 0.717) is 12.2 Å². The molecule has 0 unspecified atom stereocenters. The van der Waals surface area contributed by atoms with Crippen LogP contribution < -0.4 is 16.0 Å². The standard InChI is InChI=1S/C11H14N4O3S/c12-15-10-4-1-6-13-11(10)19(16,17)14-7-5-9-3-2-8-18-9/h1-4,6,8,14-15H,5,7,12H2. The number of nitrogens with zero attached hydrogens (tertiary/aromatic N) is 1. The predicted molar refractivity (Wildman–Crippen MR) is 69.6 cm³/mol. The fourth-order valence-corrected chi connectivity index (χ4v) is 2.67. The molecule has 0 aromatic carbocycles. The highest BCUT2D eigenvalue weighted by atomic mass is 32.2. The van der Waals surface area contributed by atoms with E-state index < -0.39 is 10.0 Å². The Labute approximate surface area is 110 Å². The van der Waals surface area contributed by atoms with Crippen LogP contribution in [-0.2, 0) is 16.4 Å². The first-order valence-electron chi connectivity index (χ1n) is 5.57. The Morgan fingerprint density at radius 2 is 2.16 bits per heavy atom. The number of furan rings is 1. The molecule has 19 heavy (non-hydrogen) atoms. The fraction of sp³-hybridized carbons (Fsp3) is 0.182. The number of nitrogens with one attached hydrogen (secondary N) is 2. The second-order valence-corrected chi connectivity index (χ2v) is 5.41. The number of hydrogen-bond donors (Lipinski definition) is 3. The van der Waals surface area contributed by atoms with Crippen LogP contribution in [0.4, 0.5) is 5.69 Å². The van der Waals surface area contributed by atoms with Crippen molar-refractivity contribution >= 4 is 15.7 Å². The van der Waals surface area contributed by atoms with Crippen LogP contribution in [0.5, 0.6) is 0 Å². The quantitative estimate of drug-likeness (QED) is 0.525. The number of anilines is 1. The maximum absolute atomic E-state index is 12.0. The van der Waals surface area contributed by atoms with E-state index in [4.69, 9.17) is 10.3 Å². The minimum Gasteiger partial charge on any atom is -0.469 e. The number of aromatic nitrogens is 1. The van der Waals surface area contributed by atoms with E-state index in [1.54, 1.807) is 24.5 Å². The van der Waals surface area contributed by atoms with Gasteiger partial charge in [0.1, 0.15) is 5.76 Å². The smallest absolute Gasteiger partial charge is 0.260 e. The summed E-state index contributed by atoms with van der Waals surface area (Å²) in [5, 5.41) is -0.128. The summed E-state index contributed by atoms with van der Waals surface area (Å²) in [4.78, 5) is 3.82. The van der Waals surface area contributed by atoms with Crippen molar-refractivity contribution in [2.75, 3.05) is 12.0 Å². The van der Waals surface area contributed by atoms with Gasteiger partial charge in [0.2, 0.25) is 0 Å². The Kier molecular flexibility index (Phi) is 4.15. The number of hydrazine groups is 1. The summed E-state index contributed by atoms with van der Waals surface area (Å²) in [6.07, 6.45) is 3.39. The number of nitrogen functional groups attached to an aromatic ring is 1. The van der Waals surface area contributed by atoms with Gasteiger partial charge in [0.15, 0.2) is 5.03 Å². The number of sulfonamides is 1. The molecule has 0 saturated heterocycles. The first-order valence-corrected chi connectivity index (χ1v) is 7.05. The summed E-state index contributed by atoms with van der Waals surface area (Å²) in [5.74, 6) is 5.97. The van der Waals surface area contributed by atoms with Crippen molar-refractivity contribution in [3.05, 3.63) is 42.5 Å². The third-order valence-electron chi connectivity index (χ3n) is 2.42. The van der Waals surface area contributed by atoms with Crippen LogP contribution in [0.2, 0.25) is 0 Å². The van der Waals surface area contributed by atoms with Crippen molar-refractivity contribution in [1.29, 1.82) is 0 Å². The molecule has 2 aromatic rings. The second-order valence-electron chi connectivity index (χ2n) is 3.73. The summed E-state index contributed by atoms with van der Waals surface area (Å²) in [7, 11) is -3.70. The Morgan fingerprint density at radius 3 is 2.84 bits per heavy atom. The summed E-state index contributed by atoms with van der Waals surface area (Å²) < 4.78 is 31.6. The van der Waals surface area contributed by atoms with Gasteiger partial charge in [-0.25, -0.2) is 18.1 Å². The van der Waals surface area contributed by atoms with Crippen molar-refractivity contribution in [1.82, 2.24) is 9.71 Å². The van der Waals surface area contributed by atoms with E-state index in [0.717, 1.165) is 0 Å². The highest BCUT2D eigenvalue weighted by Gasteiger charge is 2.19. The highest BCUT2D eigenvalue weighted by Crippen LogP contribution is 2.16. The minimum atomic E-state index is -3.70. The zero-order chi connectivity index (χ0) is 13.7. The van der Waals surface area contributed by atoms with Crippen molar-refractivity contribution in [3.8, 4) is 0 Å². The third-order valence-corrected chi connectivity index (χ3v) is 3.84. The molecule has 102 valence electrons. The van der Waals surface area contributed by atoms with Crippen LogP contribution in [0.25, 0.3) is 0 Å². The molecule has 0 bridgehead atoms. The largest absolute Gasteiger partial charge is 0.469 e. The van der Waals surface area contributed by atoms with Gasteiger partial charge in [-0.2, -0.15) is 0 Å². The van der Waals surface area contributed by atoms with E-state index in [-0.39, 0.29) is 17.3 Å². The molecule has 0 fully saturated rings. The van der Waals surface area contributed by atoms with Crippen LogP contribution in [0.3, 0.4) is 0 Å². The van der Waals surface area contributed by atoms with Gasteiger partial charge in [0.05, 0.1) is 12.0 Å². The SMILES string of the molecule is NNc1cccnc1S(=O)(=O)NCCc1ccco1. The normalized spacial score (nSPS) is 11.4. The average Bonchev–Trinajstić information content (AvgIpc) is 2.91. The third kappa shape index (κ3) is 3.31. The Morgan fingerprint density at radius 1 is 1.32 bits per heavy atom. The molecule has 0 amide bonds. The fourth-order valence-electron chi connectivity index (χ4n) is 1.55. The van der Waals surface area contributed by atoms with Crippen molar-refractivity contribution in [2.24, 2.45) is 5.84 Å². The molecule has 0 radical (unpaired) electrons. The van der Waals surface area contributed by atoms with Gasteiger partial charge in [-0.15, -0.1) is 0 Å². The molecule has 0 atom stereocenters. The van der Waals surface area contributed by atoms with Gasteiger partial charge < -0.3 is 9.84 Å². The number of nitrogens with two attached hydrogens (primary N) is 1. The maximum Gasteiger partial charge on any atom is 0.260 e. The average molecular weight is 282 g/mol. The zero-order valence-corrected chi connectivity index (χ0v) is 10.9. The van der Waals surface area contributed by atoms with E-state index in [2.05, 4.69) is 15.1 Å². The zero-order valence-electron chi connectivity index (χ0n) is 10.0. The van der Waals surface area contributed by atoms with Crippen molar-refractivity contribution in [3.63, 3.8) is 0 Å². The molecule has 0 aliphatic carbocycles. The summed E-state index contributed by atoms with van der Waals surface area (Å²) in [6, 6.07) is 6.66. The molecule has 7 nitrogen and oxygen atoms in total. The topological polar surface area (TPSA) is 110 Å². The Balaban J connectivity index is 2.05. The van der Waals surface area contributed by atoms with Crippen molar-refractivity contribution < 1.29 is 12.8 Å². The van der Waals surface area contributed by atoms with Crippen LogP contribution in [0, 0.1) is 0 Å². The van der Waals surface area contributed by atoms with Gasteiger partial charge >= 0.3 is 0 Å². The molecule has 2 aromatic heterocycles. The highest BCUT2D eigenvalue weighted by molar-refractivity contribution is 7.89. The van der Waals surface area contributed by atoms with E-state index in [1.807, 2.05) is 0 Å². The lowest BCUT2D eigenvalue weighted by atomic mass is 10.3. The second kappa shape index (κ2) is 5.83. The number of pyridine rings is 1. The van der Waals surface area contributed by atoms with E-state index >= 15 is 0 Å². The molecular formula is C11H14N4O3S. The van der Waals surface area contributed by atoms with Gasteiger partial charge in [-0.1, -0.05) is 0 Å². The lowest BCUT2D eigenvalue weighted by Crippen LogP contribution is -2.28. The first kappa shape index (κ1) is 13.5. The Hall–Kier alpha value is -1.90. The van der Waals surface area contributed by atoms with Gasteiger partial charge in [0, 0.05) is 19.2 Å². The minimum absolute atomic E-state index is 0.128. The summed E-state index contributed by atoms with van der Waals surface area (Å²) in [6.45, 7) is 0.219.